The maximum Gasteiger partial charge on any atom is 0.253 e. The number of nitrogens with zero attached hydrogens (tertiary/aromatic N) is 1. The largest absolute Gasteiger partial charge is 0.350 e. The molecule has 0 radical (unpaired) electrons. The van der Waals surface area contributed by atoms with Crippen LogP contribution in [0.25, 0.3) is 0 Å². The summed E-state index contributed by atoms with van der Waals surface area (Å²) in [6.07, 6.45) is 1.65. The van der Waals surface area contributed by atoms with Crippen molar-refractivity contribution >= 4 is 39.1 Å². The predicted molar refractivity (Wildman–Crippen MR) is 131 cm³/mol. The van der Waals surface area contributed by atoms with Gasteiger partial charge in [0.25, 0.3) is 5.91 Å². The highest BCUT2D eigenvalue weighted by Crippen LogP contribution is 2.24. The number of benzene rings is 2. The number of halogens is 1. The molecule has 1 heterocycles. The first kappa shape index (κ1) is 25.2. The van der Waals surface area contributed by atoms with Gasteiger partial charge >= 0.3 is 0 Å². The molecule has 0 aliphatic carbocycles. The van der Waals surface area contributed by atoms with Gasteiger partial charge in [0, 0.05) is 30.1 Å². The number of para-hydroxylation sites is 1. The lowest BCUT2D eigenvalue weighted by atomic mass is 9.97. The van der Waals surface area contributed by atoms with E-state index in [1.807, 2.05) is 13.8 Å². The zero-order valence-corrected chi connectivity index (χ0v) is 20.5. The third kappa shape index (κ3) is 6.79. The fourth-order valence-corrected chi connectivity index (χ4v) is 5.40. The number of carbonyl (C=O) groups excluding carboxylic acids is 2. The molecular formula is C24H30ClN3O4S. The van der Waals surface area contributed by atoms with Crippen molar-refractivity contribution in [3.63, 3.8) is 0 Å². The van der Waals surface area contributed by atoms with Gasteiger partial charge in [-0.3, -0.25) is 9.59 Å². The number of carbonyl (C=O) groups is 2. The Kier molecular flexibility index (Phi) is 8.51. The minimum absolute atomic E-state index is 0.0282. The van der Waals surface area contributed by atoms with Gasteiger partial charge in [-0.2, -0.15) is 0 Å². The highest BCUT2D eigenvalue weighted by molar-refractivity contribution is 7.88. The van der Waals surface area contributed by atoms with Crippen LogP contribution >= 0.6 is 11.6 Å². The second kappa shape index (κ2) is 11.1. The SMILES string of the molecule is CC[C@H](C)NC(=O)c1ccccc1NC(=O)C1CCN(S(=O)(=O)Cc2ccc(Cl)cc2)CC1. The summed E-state index contributed by atoms with van der Waals surface area (Å²) in [4.78, 5) is 25.4. The Morgan fingerprint density at radius 3 is 2.36 bits per heavy atom. The third-order valence-corrected chi connectivity index (χ3v) is 8.00. The fraction of sp³-hybridized carbons (Fsp3) is 0.417. The third-order valence-electron chi connectivity index (χ3n) is 5.90. The van der Waals surface area contributed by atoms with E-state index in [2.05, 4.69) is 10.6 Å². The van der Waals surface area contributed by atoms with Crippen LogP contribution in [0.4, 0.5) is 5.69 Å². The highest BCUT2D eigenvalue weighted by Gasteiger charge is 2.31. The number of hydrogen-bond acceptors (Lipinski definition) is 4. The van der Waals surface area contributed by atoms with E-state index < -0.39 is 10.0 Å². The van der Waals surface area contributed by atoms with E-state index in [1.54, 1.807) is 48.5 Å². The number of anilines is 1. The summed E-state index contributed by atoms with van der Waals surface area (Å²) in [6, 6.07) is 13.7. The van der Waals surface area contributed by atoms with E-state index in [4.69, 9.17) is 11.6 Å². The van der Waals surface area contributed by atoms with E-state index in [9.17, 15) is 18.0 Å². The van der Waals surface area contributed by atoms with Crippen molar-refractivity contribution in [1.82, 2.24) is 9.62 Å². The van der Waals surface area contributed by atoms with Crippen molar-refractivity contribution in [2.45, 2.75) is 44.9 Å². The molecule has 0 saturated carbocycles. The first-order valence-corrected chi connectivity index (χ1v) is 13.1. The van der Waals surface area contributed by atoms with Crippen LogP contribution in [0.3, 0.4) is 0 Å². The molecule has 33 heavy (non-hydrogen) atoms. The van der Waals surface area contributed by atoms with Gasteiger partial charge in [0.2, 0.25) is 15.9 Å². The maximum atomic E-state index is 12.9. The summed E-state index contributed by atoms with van der Waals surface area (Å²) < 4.78 is 27.0. The average Bonchev–Trinajstić information content (AvgIpc) is 2.80. The van der Waals surface area contributed by atoms with Gasteiger partial charge in [-0.05, 0) is 56.0 Å². The number of hydrogen-bond donors (Lipinski definition) is 2. The molecule has 3 rings (SSSR count). The molecule has 2 amide bonds. The van der Waals surface area contributed by atoms with Gasteiger partial charge in [-0.15, -0.1) is 0 Å². The van der Waals surface area contributed by atoms with Crippen LogP contribution in [0.1, 0.15) is 49.0 Å². The minimum Gasteiger partial charge on any atom is -0.350 e. The topological polar surface area (TPSA) is 95.6 Å². The second-order valence-corrected chi connectivity index (χ2v) is 10.8. The van der Waals surface area contributed by atoms with Crippen LogP contribution in [0.5, 0.6) is 0 Å². The van der Waals surface area contributed by atoms with Gasteiger partial charge in [0.1, 0.15) is 0 Å². The molecule has 1 saturated heterocycles. The van der Waals surface area contributed by atoms with Gasteiger partial charge in [-0.25, -0.2) is 12.7 Å². The van der Waals surface area contributed by atoms with Crippen LogP contribution in [0, 0.1) is 5.92 Å². The Balaban J connectivity index is 1.59. The molecule has 2 aromatic rings. The summed E-state index contributed by atoms with van der Waals surface area (Å²) in [7, 11) is -3.48. The number of piperidine rings is 1. The Morgan fingerprint density at radius 2 is 1.73 bits per heavy atom. The lowest BCUT2D eigenvalue weighted by Crippen LogP contribution is -2.42. The maximum absolute atomic E-state index is 12.9. The highest BCUT2D eigenvalue weighted by atomic mass is 35.5. The van der Waals surface area contributed by atoms with Crippen molar-refractivity contribution < 1.29 is 18.0 Å². The molecule has 0 spiro atoms. The molecule has 1 atom stereocenters. The first-order chi connectivity index (χ1) is 15.7. The molecule has 1 aliphatic rings. The molecule has 178 valence electrons. The molecule has 0 bridgehead atoms. The van der Waals surface area contributed by atoms with Crippen LogP contribution < -0.4 is 10.6 Å². The first-order valence-electron chi connectivity index (χ1n) is 11.1. The Hall–Kier alpha value is -2.42. The fourth-order valence-electron chi connectivity index (χ4n) is 3.71. The lowest BCUT2D eigenvalue weighted by Gasteiger charge is -2.30. The van der Waals surface area contributed by atoms with Crippen molar-refractivity contribution in [2.75, 3.05) is 18.4 Å². The van der Waals surface area contributed by atoms with Crippen molar-refractivity contribution in [3.8, 4) is 0 Å². The molecule has 1 fully saturated rings. The molecule has 2 N–H and O–H groups in total. The smallest absolute Gasteiger partial charge is 0.253 e. The summed E-state index contributed by atoms with van der Waals surface area (Å²) in [6.45, 7) is 4.48. The summed E-state index contributed by atoms with van der Waals surface area (Å²) in [5, 5.41) is 6.34. The van der Waals surface area contributed by atoms with Crippen molar-refractivity contribution in [2.24, 2.45) is 5.92 Å². The molecular weight excluding hydrogens is 462 g/mol. The van der Waals surface area contributed by atoms with E-state index in [-0.39, 0.29) is 42.6 Å². The monoisotopic (exact) mass is 491 g/mol. The summed E-state index contributed by atoms with van der Waals surface area (Å²) in [5.74, 6) is -0.853. The van der Waals surface area contributed by atoms with Crippen molar-refractivity contribution in [1.29, 1.82) is 0 Å². The van der Waals surface area contributed by atoms with Gasteiger partial charge in [-0.1, -0.05) is 42.8 Å². The number of nitrogens with one attached hydrogen (secondary N) is 2. The minimum atomic E-state index is -3.48. The molecule has 0 aromatic heterocycles. The molecule has 7 nitrogen and oxygen atoms in total. The second-order valence-electron chi connectivity index (χ2n) is 8.37. The van der Waals surface area contributed by atoms with E-state index >= 15 is 0 Å². The molecule has 1 aliphatic heterocycles. The van der Waals surface area contributed by atoms with E-state index in [0.717, 1.165) is 6.42 Å². The van der Waals surface area contributed by atoms with Gasteiger partial charge in [0.15, 0.2) is 0 Å². The molecule has 0 unspecified atom stereocenters. The van der Waals surface area contributed by atoms with Crippen LogP contribution in [0.15, 0.2) is 48.5 Å². The number of rotatable bonds is 8. The number of sulfonamides is 1. The standard InChI is InChI=1S/C24H30ClN3O4S/c1-3-17(2)26-24(30)21-6-4-5-7-22(21)27-23(29)19-12-14-28(15-13-19)33(31,32)16-18-8-10-20(25)11-9-18/h4-11,17,19H,3,12-16H2,1-2H3,(H,26,30)(H,27,29)/t17-/m0/s1. The van der Waals surface area contributed by atoms with Crippen LogP contribution in [-0.2, 0) is 20.6 Å². The predicted octanol–water partition coefficient (Wildman–Crippen LogP) is 4.05. The van der Waals surface area contributed by atoms with E-state index in [0.29, 0.717) is 34.7 Å². The summed E-state index contributed by atoms with van der Waals surface area (Å²) in [5.41, 5.74) is 1.54. The lowest BCUT2D eigenvalue weighted by molar-refractivity contribution is -0.120. The molecule has 9 heteroatoms. The Labute approximate surface area is 200 Å². The Bertz CT molecular complexity index is 1080. The van der Waals surface area contributed by atoms with Gasteiger partial charge in [0.05, 0.1) is 17.0 Å². The Morgan fingerprint density at radius 1 is 1.09 bits per heavy atom. The van der Waals surface area contributed by atoms with Crippen LogP contribution in [0.2, 0.25) is 5.02 Å². The van der Waals surface area contributed by atoms with Gasteiger partial charge < -0.3 is 10.6 Å². The zero-order valence-electron chi connectivity index (χ0n) is 18.9. The average molecular weight is 492 g/mol. The molecule has 2 aromatic carbocycles. The zero-order chi connectivity index (χ0) is 24.0. The quantitative estimate of drug-likeness (QED) is 0.582. The van der Waals surface area contributed by atoms with E-state index in [1.165, 1.54) is 4.31 Å². The normalized spacial score (nSPS) is 16.2. The summed E-state index contributed by atoms with van der Waals surface area (Å²) >= 11 is 5.87. The van der Waals surface area contributed by atoms with Crippen molar-refractivity contribution in [3.05, 3.63) is 64.7 Å². The van der Waals surface area contributed by atoms with Crippen LogP contribution in [-0.4, -0.2) is 43.7 Å². The number of amides is 2.